The number of amides is 3. The standard InChI is InChI=1S/C28H28N2O5/c1-15-6-9-20(10-16(15)2)29-14-19(12-23(29)31)28(34)35-22-5-3-4-21(13-22)30-26(32)24-17-7-8-18(11-17)25(24)27(30)33/h3-6,9-10,13,17-19,24-25H,7-8,11-12,14H2,1-2H3/t17-,18-,19+,24-,25+/m0/s1. The summed E-state index contributed by atoms with van der Waals surface area (Å²) in [6, 6.07) is 12.4. The monoisotopic (exact) mass is 472 g/mol. The van der Waals surface area contributed by atoms with Crippen LogP contribution >= 0.6 is 0 Å². The molecule has 2 saturated carbocycles. The lowest BCUT2D eigenvalue weighted by molar-refractivity contribution is -0.139. The molecule has 2 bridgehead atoms. The number of hydrogen-bond acceptors (Lipinski definition) is 5. The number of hydrogen-bond donors (Lipinski definition) is 0. The van der Waals surface area contributed by atoms with Crippen molar-refractivity contribution in [3.05, 3.63) is 53.6 Å². The third-order valence-electron chi connectivity index (χ3n) is 8.48. The van der Waals surface area contributed by atoms with Crippen molar-refractivity contribution in [1.82, 2.24) is 0 Å². The van der Waals surface area contributed by atoms with Gasteiger partial charge in [0.05, 0.1) is 23.4 Å². The number of carbonyl (C=O) groups is 4. The molecule has 180 valence electrons. The van der Waals surface area contributed by atoms with Crippen molar-refractivity contribution in [2.45, 2.75) is 39.5 Å². The number of nitrogens with zero attached hydrogens (tertiary/aromatic N) is 2. The van der Waals surface area contributed by atoms with E-state index in [1.54, 1.807) is 29.2 Å². The van der Waals surface area contributed by atoms with E-state index in [2.05, 4.69) is 0 Å². The maximum Gasteiger partial charge on any atom is 0.316 e. The van der Waals surface area contributed by atoms with Crippen molar-refractivity contribution >= 4 is 35.1 Å². The van der Waals surface area contributed by atoms with Crippen LogP contribution in [0.4, 0.5) is 11.4 Å². The second kappa shape index (κ2) is 8.04. The largest absolute Gasteiger partial charge is 0.426 e. The zero-order chi connectivity index (χ0) is 24.4. The van der Waals surface area contributed by atoms with Gasteiger partial charge >= 0.3 is 5.97 Å². The van der Waals surface area contributed by atoms with Crippen molar-refractivity contribution < 1.29 is 23.9 Å². The fraction of sp³-hybridized carbons (Fsp3) is 0.429. The molecule has 6 rings (SSSR count). The second-order valence-electron chi connectivity index (χ2n) is 10.5. The number of imide groups is 1. The Bertz CT molecular complexity index is 1240. The number of benzene rings is 2. The minimum atomic E-state index is -0.585. The van der Waals surface area contributed by atoms with E-state index in [1.807, 2.05) is 32.0 Å². The molecule has 3 amide bonds. The van der Waals surface area contributed by atoms with Crippen LogP contribution in [-0.4, -0.2) is 30.2 Å². The van der Waals surface area contributed by atoms with Crippen LogP contribution in [0.25, 0.3) is 0 Å². The quantitative estimate of drug-likeness (QED) is 0.384. The molecule has 0 unspecified atom stereocenters. The molecule has 4 aliphatic rings. The van der Waals surface area contributed by atoms with Crippen LogP contribution in [0.3, 0.4) is 0 Å². The predicted octanol–water partition coefficient (Wildman–Crippen LogP) is 3.80. The molecule has 0 spiro atoms. The molecule has 2 saturated heterocycles. The van der Waals surface area contributed by atoms with E-state index in [0.717, 1.165) is 36.1 Å². The molecule has 4 fully saturated rings. The smallest absolute Gasteiger partial charge is 0.316 e. The Hall–Kier alpha value is -3.48. The topological polar surface area (TPSA) is 84.0 Å². The molecular weight excluding hydrogens is 444 g/mol. The summed E-state index contributed by atoms with van der Waals surface area (Å²) in [5.41, 5.74) is 3.45. The van der Waals surface area contributed by atoms with Gasteiger partial charge in [-0.3, -0.25) is 19.2 Å². The maximum atomic E-state index is 13.1. The Morgan fingerprint density at radius 3 is 2.29 bits per heavy atom. The zero-order valence-corrected chi connectivity index (χ0v) is 19.9. The van der Waals surface area contributed by atoms with Crippen molar-refractivity contribution in [3.8, 4) is 5.75 Å². The van der Waals surface area contributed by atoms with Gasteiger partial charge in [0, 0.05) is 24.7 Å². The molecule has 7 nitrogen and oxygen atoms in total. The number of fused-ring (bicyclic) bond motifs is 5. The lowest BCUT2D eigenvalue weighted by Crippen LogP contribution is -2.32. The highest BCUT2D eigenvalue weighted by Crippen LogP contribution is 2.56. The highest BCUT2D eigenvalue weighted by atomic mass is 16.5. The minimum Gasteiger partial charge on any atom is -0.426 e. The van der Waals surface area contributed by atoms with Gasteiger partial charge in [0.15, 0.2) is 0 Å². The van der Waals surface area contributed by atoms with Gasteiger partial charge in [-0.2, -0.15) is 0 Å². The first kappa shape index (κ1) is 22.0. The van der Waals surface area contributed by atoms with Crippen LogP contribution in [0.1, 0.15) is 36.8 Å². The number of anilines is 2. The van der Waals surface area contributed by atoms with E-state index in [9.17, 15) is 19.2 Å². The summed E-state index contributed by atoms with van der Waals surface area (Å²) >= 11 is 0. The summed E-state index contributed by atoms with van der Waals surface area (Å²) in [7, 11) is 0. The van der Waals surface area contributed by atoms with E-state index in [1.165, 1.54) is 4.90 Å². The van der Waals surface area contributed by atoms with Gasteiger partial charge < -0.3 is 9.64 Å². The molecule has 0 aromatic heterocycles. The summed E-state index contributed by atoms with van der Waals surface area (Å²) in [6.07, 6.45) is 3.11. The van der Waals surface area contributed by atoms with Gasteiger partial charge in [0.25, 0.3) is 0 Å². The van der Waals surface area contributed by atoms with Crippen LogP contribution in [0.5, 0.6) is 5.75 Å². The van der Waals surface area contributed by atoms with E-state index in [-0.39, 0.29) is 48.3 Å². The first-order chi connectivity index (χ1) is 16.8. The SMILES string of the molecule is Cc1ccc(N2C[C@H](C(=O)Oc3cccc(N4C(=O)[C@@H]5[C@H]6CC[C@@H](C6)[C@@H]5C4=O)c3)CC2=O)cc1C. The molecule has 2 aromatic rings. The normalized spacial score (nSPS) is 29.3. The van der Waals surface area contributed by atoms with Gasteiger partial charge in [-0.15, -0.1) is 0 Å². The molecule has 7 heteroatoms. The van der Waals surface area contributed by atoms with E-state index < -0.39 is 11.9 Å². The van der Waals surface area contributed by atoms with Crippen molar-refractivity contribution in [3.63, 3.8) is 0 Å². The average molecular weight is 473 g/mol. The van der Waals surface area contributed by atoms with Crippen molar-refractivity contribution in [1.29, 1.82) is 0 Å². The Labute approximate surface area is 204 Å². The maximum absolute atomic E-state index is 13.1. The molecule has 0 N–H and O–H groups in total. The van der Waals surface area contributed by atoms with Crippen molar-refractivity contribution in [2.24, 2.45) is 29.6 Å². The first-order valence-electron chi connectivity index (χ1n) is 12.4. The zero-order valence-electron chi connectivity index (χ0n) is 19.9. The number of rotatable bonds is 4. The molecule has 5 atom stereocenters. The summed E-state index contributed by atoms with van der Waals surface area (Å²) in [4.78, 5) is 54.7. The number of esters is 1. The number of ether oxygens (including phenoxy) is 1. The van der Waals surface area contributed by atoms with Gasteiger partial charge in [0.1, 0.15) is 5.75 Å². The van der Waals surface area contributed by atoms with Gasteiger partial charge in [-0.1, -0.05) is 12.1 Å². The van der Waals surface area contributed by atoms with Crippen LogP contribution in [0.2, 0.25) is 0 Å². The number of aryl methyl sites for hydroxylation is 2. The average Bonchev–Trinajstić information content (AvgIpc) is 3.59. The molecule has 2 aromatic carbocycles. The highest BCUT2D eigenvalue weighted by Gasteiger charge is 2.61. The fourth-order valence-electron chi connectivity index (χ4n) is 6.56. The predicted molar refractivity (Wildman–Crippen MR) is 129 cm³/mol. The Balaban J connectivity index is 1.16. The van der Waals surface area contributed by atoms with Gasteiger partial charge in [0.2, 0.25) is 17.7 Å². The Morgan fingerprint density at radius 1 is 0.886 bits per heavy atom. The summed E-state index contributed by atoms with van der Waals surface area (Å²) in [5, 5.41) is 0. The van der Waals surface area contributed by atoms with Gasteiger partial charge in [-0.05, 0) is 80.3 Å². The molecule has 35 heavy (non-hydrogen) atoms. The Morgan fingerprint density at radius 2 is 1.60 bits per heavy atom. The van der Waals surface area contributed by atoms with Crippen LogP contribution < -0.4 is 14.5 Å². The van der Waals surface area contributed by atoms with E-state index >= 15 is 0 Å². The van der Waals surface area contributed by atoms with E-state index in [4.69, 9.17) is 4.74 Å². The second-order valence-corrected chi connectivity index (χ2v) is 10.5. The lowest BCUT2D eigenvalue weighted by Gasteiger charge is -2.19. The molecular formula is C28H28N2O5. The summed E-state index contributed by atoms with van der Waals surface area (Å²) in [6.45, 7) is 4.26. The van der Waals surface area contributed by atoms with Gasteiger partial charge in [-0.25, -0.2) is 4.90 Å². The number of carbonyl (C=O) groups excluding carboxylic acids is 4. The van der Waals surface area contributed by atoms with E-state index in [0.29, 0.717) is 17.5 Å². The minimum absolute atomic E-state index is 0.0840. The van der Waals surface area contributed by atoms with Crippen LogP contribution in [-0.2, 0) is 19.2 Å². The highest BCUT2D eigenvalue weighted by molar-refractivity contribution is 6.22. The molecule has 2 aliphatic heterocycles. The lowest BCUT2D eigenvalue weighted by atomic mass is 9.81. The van der Waals surface area contributed by atoms with Crippen LogP contribution in [0.15, 0.2) is 42.5 Å². The summed E-state index contributed by atoms with van der Waals surface area (Å²) in [5.74, 6) is -0.943. The summed E-state index contributed by atoms with van der Waals surface area (Å²) < 4.78 is 5.63. The molecule has 2 aliphatic carbocycles. The van der Waals surface area contributed by atoms with Crippen molar-refractivity contribution in [2.75, 3.05) is 16.3 Å². The Kier molecular flexibility index (Phi) is 5.06. The fourth-order valence-corrected chi connectivity index (χ4v) is 6.56. The molecule has 0 radical (unpaired) electrons. The van der Waals surface area contributed by atoms with Crippen LogP contribution in [0, 0.1) is 43.4 Å². The first-order valence-corrected chi connectivity index (χ1v) is 12.4. The third kappa shape index (κ3) is 3.48. The third-order valence-corrected chi connectivity index (χ3v) is 8.48. The molecule has 2 heterocycles.